The lowest BCUT2D eigenvalue weighted by atomic mass is 9.74. The number of carbonyl (C=O) groups excluding carboxylic acids is 3. The molecule has 2 aliphatic heterocycles. The van der Waals surface area contributed by atoms with Crippen molar-refractivity contribution in [3.8, 4) is 34.1 Å². The van der Waals surface area contributed by atoms with E-state index in [4.69, 9.17) is 23.7 Å². The average molecular weight is 925 g/mol. The maximum absolute atomic E-state index is 14.2. The molecule has 1 amide bonds. The monoisotopic (exact) mass is 924 g/mol. The number of methoxy groups -OCH3 is 1. The molecule has 0 aromatic heterocycles. The van der Waals surface area contributed by atoms with Gasteiger partial charge in [-0.2, -0.15) is 0 Å². The summed E-state index contributed by atoms with van der Waals surface area (Å²) in [5.74, 6) is -8.11. The Morgan fingerprint density at radius 2 is 1.52 bits per heavy atom. The van der Waals surface area contributed by atoms with E-state index in [1.165, 1.54) is 46.1 Å². The molecule has 22 nitrogen and oxygen atoms in total. The second-order valence-electron chi connectivity index (χ2n) is 16.5. The highest BCUT2D eigenvalue weighted by Crippen LogP contribution is 2.57. The zero-order chi connectivity index (χ0) is 48.4. The van der Waals surface area contributed by atoms with Gasteiger partial charge in [0.25, 0.3) is 5.91 Å². The number of amides is 1. The number of hydrogen-bond acceptors (Lipinski definition) is 19. The molecule has 66 heavy (non-hydrogen) atoms. The van der Waals surface area contributed by atoms with Crippen LogP contribution in [0, 0.1) is 6.92 Å². The van der Waals surface area contributed by atoms with Crippen LogP contribution in [0.1, 0.15) is 84.9 Å². The molecule has 2 saturated heterocycles. The van der Waals surface area contributed by atoms with Gasteiger partial charge < -0.3 is 80.1 Å². The highest BCUT2D eigenvalue weighted by Gasteiger charge is 2.52. The van der Waals surface area contributed by atoms with E-state index in [2.05, 4.69) is 5.32 Å². The van der Waals surface area contributed by atoms with Gasteiger partial charge in [0.1, 0.15) is 71.8 Å². The number of fused-ring (bicyclic) bond motifs is 5. The minimum atomic E-state index is -1.96. The van der Waals surface area contributed by atoms with E-state index in [9.17, 15) is 75.0 Å². The number of carboxylic acid groups (broad SMARTS) is 2. The van der Waals surface area contributed by atoms with E-state index in [0.29, 0.717) is 0 Å². The second-order valence-corrected chi connectivity index (χ2v) is 16.5. The number of aromatic hydroxyl groups is 3. The Morgan fingerprint density at radius 3 is 2.17 bits per heavy atom. The maximum Gasteiger partial charge on any atom is 0.328 e. The Morgan fingerprint density at radius 1 is 0.864 bits per heavy atom. The molecule has 2 heterocycles. The van der Waals surface area contributed by atoms with Gasteiger partial charge in [-0.1, -0.05) is 12.1 Å². The Hall–Kier alpha value is -6.05. The van der Waals surface area contributed by atoms with Gasteiger partial charge in [-0.05, 0) is 56.6 Å². The minimum absolute atomic E-state index is 0.00526. The van der Waals surface area contributed by atoms with Crippen LogP contribution in [0.5, 0.6) is 23.0 Å². The van der Waals surface area contributed by atoms with Crippen molar-refractivity contribution in [2.45, 2.75) is 94.3 Å². The number of aliphatic carboxylic acids is 2. The number of carbonyl (C=O) groups is 5. The number of aryl methyl sites for hydroxylation is 1. The molecule has 11 N–H and O–H groups in total. The van der Waals surface area contributed by atoms with Crippen LogP contribution in [-0.4, -0.2) is 174 Å². The number of aliphatic hydroxyl groups excluding tert-OH is 5. The number of ether oxygens (including phenoxy) is 5. The molecule has 354 valence electrons. The Kier molecular flexibility index (Phi) is 13.3. The van der Waals surface area contributed by atoms with E-state index < -0.39 is 160 Å². The van der Waals surface area contributed by atoms with Gasteiger partial charge in [0.2, 0.25) is 0 Å². The molecule has 3 aromatic rings. The van der Waals surface area contributed by atoms with Crippen molar-refractivity contribution < 1.29 is 98.7 Å². The van der Waals surface area contributed by atoms with E-state index in [1.807, 2.05) is 0 Å². The smallest absolute Gasteiger partial charge is 0.328 e. The van der Waals surface area contributed by atoms with Crippen LogP contribution in [0.3, 0.4) is 0 Å². The van der Waals surface area contributed by atoms with Gasteiger partial charge in [-0.15, -0.1) is 0 Å². The molecule has 3 aromatic carbocycles. The van der Waals surface area contributed by atoms with Crippen LogP contribution in [0.15, 0.2) is 36.4 Å². The van der Waals surface area contributed by atoms with Crippen molar-refractivity contribution in [3.05, 3.63) is 80.9 Å². The number of nitrogens with zero attached hydrogens (tertiary/aromatic N) is 1. The predicted octanol–water partition coefficient (Wildman–Crippen LogP) is -0.258. The van der Waals surface area contributed by atoms with Crippen LogP contribution in [0.25, 0.3) is 11.1 Å². The largest absolute Gasteiger partial charge is 0.507 e. The van der Waals surface area contributed by atoms with E-state index in [0.717, 1.165) is 18.2 Å². The van der Waals surface area contributed by atoms with E-state index in [-0.39, 0.29) is 34.5 Å². The van der Waals surface area contributed by atoms with Gasteiger partial charge in [0.05, 0.1) is 42.6 Å². The first-order chi connectivity index (χ1) is 31.1. The number of likely N-dealkylation sites (N-methyl/N-ethyl adjacent to an activating group) is 1. The topological polar surface area (TPSA) is 349 Å². The molecule has 0 spiro atoms. The number of ketones is 2. The first-order valence-electron chi connectivity index (χ1n) is 20.5. The quantitative estimate of drug-likeness (QED) is 0.0816. The number of aliphatic hydroxyl groups is 5. The molecule has 22 heteroatoms. The average Bonchev–Trinajstić information content (AvgIpc) is 3.25. The fourth-order valence-corrected chi connectivity index (χ4v) is 8.93. The molecule has 0 bridgehead atoms. The molecule has 7 rings (SSSR count). The summed E-state index contributed by atoms with van der Waals surface area (Å²) in [6, 6.07) is 2.13. The van der Waals surface area contributed by atoms with Crippen LogP contribution >= 0.6 is 0 Å². The van der Waals surface area contributed by atoms with E-state index >= 15 is 0 Å². The number of rotatable bonds is 12. The number of phenols is 3. The number of benzene rings is 3. The van der Waals surface area contributed by atoms with Gasteiger partial charge in [0, 0.05) is 40.9 Å². The summed E-state index contributed by atoms with van der Waals surface area (Å²) in [6.07, 6.45) is -14.5. The lowest BCUT2D eigenvalue weighted by molar-refractivity contribution is -0.345. The lowest BCUT2D eigenvalue weighted by Gasteiger charge is -2.49. The summed E-state index contributed by atoms with van der Waals surface area (Å²) in [4.78, 5) is 66.4. The first kappa shape index (κ1) is 47.9. The summed E-state index contributed by atoms with van der Waals surface area (Å²) in [5.41, 5.74) is -3.74. The Balaban J connectivity index is 1.36. The lowest BCUT2D eigenvalue weighted by Crippen LogP contribution is -2.65. The zero-order valence-corrected chi connectivity index (χ0v) is 35.8. The summed E-state index contributed by atoms with van der Waals surface area (Å²) in [6.45, 7) is 3.54. The summed E-state index contributed by atoms with van der Waals surface area (Å²) >= 11 is 0. The number of hydrogen-bond donors (Lipinski definition) is 11. The first-order valence-corrected chi connectivity index (χ1v) is 20.5. The van der Waals surface area contributed by atoms with Crippen LogP contribution in [0.4, 0.5) is 0 Å². The van der Waals surface area contributed by atoms with Gasteiger partial charge in [-0.3, -0.25) is 24.1 Å². The summed E-state index contributed by atoms with van der Waals surface area (Å²) in [7, 11) is 2.79. The Bertz CT molecular complexity index is 2530. The van der Waals surface area contributed by atoms with Gasteiger partial charge in [0.15, 0.2) is 24.1 Å². The van der Waals surface area contributed by atoms with Gasteiger partial charge >= 0.3 is 11.9 Å². The molecule has 0 unspecified atom stereocenters. The van der Waals surface area contributed by atoms with Crippen molar-refractivity contribution in [3.63, 3.8) is 0 Å². The van der Waals surface area contributed by atoms with Crippen molar-refractivity contribution in [2.24, 2.45) is 0 Å². The van der Waals surface area contributed by atoms with Crippen LogP contribution < -0.4 is 10.1 Å². The molecular weight excluding hydrogens is 876 g/mol. The third kappa shape index (κ3) is 8.25. The highest BCUT2D eigenvalue weighted by molar-refractivity contribution is 6.31. The molecule has 0 radical (unpaired) electrons. The van der Waals surface area contributed by atoms with Crippen molar-refractivity contribution >= 4 is 29.4 Å². The predicted molar refractivity (Wildman–Crippen MR) is 221 cm³/mol. The normalized spacial score (nSPS) is 28.6. The Labute approximate surface area is 374 Å². The fraction of sp³-hybridized carbons (Fsp3) is 0.432. The van der Waals surface area contributed by atoms with Crippen LogP contribution in [0.2, 0.25) is 0 Å². The van der Waals surface area contributed by atoms with E-state index in [1.54, 1.807) is 11.9 Å². The molecule has 2 fully saturated rings. The number of nitrogens with one attached hydrogen (secondary N) is 1. The second kappa shape index (κ2) is 18.3. The highest BCUT2D eigenvalue weighted by atomic mass is 16.7. The molecule has 4 aliphatic rings. The third-order valence-electron chi connectivity index (χ3n) is 12.2. The standard InChI is InChI=1S/C44H48N2O20/c1-14-9-21-28(35(55)25(14)41(59)45-15(2)42(60)61)27-19(12-20-29(36(27)56)32(52)18-10-17(62-5)11-22(47)26(18)31(20)51)33(53)39(21)65-44-38(58)40(66-43-37(57)34(54)23(48)13-63-43)30(16(3)64-44)46(4)8-6-7-24(49)50/h6-7,9-12,15-16,23,30,33-34,37-40,43-44,47-48,53-58H,8,13H2,1-5H3,(H,45,59)(H,49,50)(H,60,61)/b7-6+/t15-,16-,23-,30+,33+,34+,37-,38-,39+,40+,43+,44+/m1/s1. The molecule has 2 aliphatic carbocycles. The summed E-state index contributed by atoms with van der Waals surface area (Å²) < 4.78 is 29.3. The number of phenolic OH excluding ortho intramolecular Hbond substituents is 3. The molecule has 0 saturated carbocycles. The van der Waals surface area contributed by atoms with Crippen molar-refractivity contribution in [2.75, 3.05) is 27.3 Å². The summed E-state index contributed by atoms with van der Waals surface area (Å²) in [5, 5.41) is 112. The zero-order valence-electron chi connectivity index (χ0n) is 35.8. The number of carboxylic acids is 2. The molecular formula is C44H48N2O20. The SMILES string of the molecule is COc1cc(O)c2c(c1)C(=O)c1c(cc3c(c1O)-c1c(cc(C)c(C(=O)N[C@H](C)C(=O)O)c1O)[C@H](O[C@@H]1O[C@H](C)[C@H](N(C)C/C=C/C(=O)O)[C@H](O[C@@H]4OC[C@@H](O)[C@H](O)[C@H]4O)[C@H]1O)[C@H]3O)C2=O. The fourth-order valence-electron chi connectivity index (χ4n) is 8.93. The van der Waals surface area contributed by atoms with Crippen molar-refractivity contribution in [1.29, 1.82) is 0 Å². The van der Waals surface area contributed by atoms with Crippen LogP contribution in [-0.2, 0) is 28.5 Å². The molecule has 12 atom stereocenters. The third-order valence-corrected chi connectivity index (χ3v) is 12.2. The minimum Gasteiger partial charge on any atom is -0.507 e. The van der Waals surface area contributed by atoms with Crippen molar-refractivity contribution in [1.82, 2.24) is 10.2 Å². The van der Waals surface area contributed by atoms with Gasteiger partial charge in [-0.25, -0.2) is 4.79 Å². The maximum atomic E-state index is 14.2.